The van der Waals surface area contributed by atoms with Crippen molar-refractivity contribution >= 4 is 46.4 Å². The number of halogens is 1. The first-order chi connectivity index (χ1) is 25.0. The van der Waals surface area contributed by atoms with Crippen LogP contribution in [0.25, 0.3) is 68.6 Å². The number of aromatic amines is 2. The second kappa shape index (κ2) is 15.8. The summed E-state index contributed by atoms with van der Waals surface area (Å²) in [4.78, 5) is 17.5. The van der Waals surface area contributed by atoms with E-state index in [4.69, 9.17) is 19.4 Å². The van der Waals surface area contributed by atoms with Crippen molar-refractivity contribution in [1.82, 2.24) is 19.9 Å². The number of hydrogen-bond donors (Lipinski definition) is 2. The molecule has 5 aromatic rings. The second-order valence-electron chi connectivity index (χ2n) is 15.7. The lowest BCUT2D eigenvalue weighted by Gasteiger charge is -2.23. The maximum absolute atomic E-state index is 6.08. The molecule has 0 fully saturated rings. The third-order valence-electron chi connectivity index (χ3n) is 9.17. The normalized spacial score (nSPS) is 12.5. The van der Waals surface area contributed by atoms with Gasteiger partial charge in [-0.25, -0.2) is 9.97 Å². The minimum absolute atomic E-state index is 0. The number of hydrogen-bond acceptors (Lipinski definition) is 4. The Hall–Kier alpha value is -5.15. The van der Waals surface area contributed by atoms with Crippen molar-refractivity contribution in [3.63, 3.8) is 0 Å². The quantitative estimate of drug-likeness (QED) is 0.121. The molecule has 0 aliphatic carbocycles. The molecule has 8 bridgehead atoms. The maximum atomic E-state index is 6.08. The van der Waals surface area contributed by atoms with E-state index in [0.29, 0.717) is 13.2 Å². The SMILES string of the molecule is C[N+](C)(C)CCCOc1ccc(-c2c3nc(cc4ccc([nH]4)c(-c4ccc(OCCC[N+](C)(C)C)cc4)c4nc(cc5ccc2[nH]5)C=C4)C=C3)cc1.[Cl-]. The fourth-order valence-corrected chi connectivity index (χ4v) is 6.57. The molecule has 274 valence electrons. The van der Waals surface area contributed by atoms with Crippen molar-refractivity contribution in [1.29, 1.82) is 0 Å². The minimum Gasteiger partial charge on any atom is -1.00 e. The highest BCUT2D eigenvalue weighted by atomic mass is 35.5. The van der Waals surface area contributed by atoms with Gasteiger partial charge in [0.2, 0.25) is 0 Å². The molecule has 0 radical (unpaired) electrons. The molecule has 2 aromatic carbocycles. The third-order valence-corrected chi connectivity index (χ3v) is 9.17. The Morgan fingerprint density at radius 1 is 0.509 bits per heavy atom. The summed E-state index contributed by atoms with van der Waals surface area (Å²) in [5.74, 6) is 1.74. The van der Waals surface area contributed by atoms with E-state index >= 15 is 0 Å². The van der Waals surface area contributed by atoms with Gasteiger partial charge < -0.3 is 40.8 Å². The largest absolute Gasteiger partial charge is 1.00 e. The average Bonchev–Trinajstić information content (AvgIpc) is 3.93. The minimum atomic E-state index is 0. The fourth-order valence-electron chi connectivity index (χ4n) is 6.57. The molecule has 2 N–H and O–H groups in total. The molecule has 7 rings (SSSR count). The predicted octanol–water partition coefficient (Wildman–Crippen LogP) is 5.94. The van der Waals surface area contributed by atoms with Crippen LogP contribution in [0.1, 0.15) is 35.6 Å². The van der Waals surface area contributed by atoms with Gasteiger partial charge in [-0.05, 0) is 96.1 Å². The zero-order valence-electron chi connectivity index (χ0n) is 31.6. The highest BCUT2D eigenvalue weighted by molar-refractivity contribution is 5.93. The number of H-pyrrole nitrogens is 2. The van der Waals surface area contributed by atoms with Gasteiger partial charge in [0.15, 0.2) is 0 Å². The van der Waals surface area contributed by atoms with Crippen LogP contribution in [0.15, 0.2) is 84.9 Å². The Balaban J connectivity index is 0.00000481. The van der Waals surface area contributed by atoms with Crippen molar-refractivity contribution in [2.75, 3.05) is 68.6 Å². The molecule has 0 atom stereocenters. The van der Waals surface area contributed by atoms with E-state index in [1.54, 1.807) is 0 Å². The first kappa shape index (κ1) is 37.6. The van der Waals surface area contributed by atoms with Crippen LogP contribution in [0.3, 0.4) is 0 Å². The van der Waals surface area contributed by atoms with Gasteiger partial charge in [-0.15, -0.1) is 0 Å². The van der Waals surface area contributed by atoms with Gasteiger partial charge in [-0.2, -0.15) is 0 Å². The smallest absolute Gasteiger partial charge is 0.119 e. The summed E-state index contributed by atoms with van der Waals surface area (Å²) < 4.78 is 14.0. The summed E-state index contributed by atoms with van der Waals surface area (Å²) in [6.07, 6.45) is 10.3. The van der Waals surface area contributed by atoms with Gasteiger partial charge in [-0.1, -0.05) is 24.3 Å². The summed E-state index contributed by atoms with van der Waals surface area (Å²) in [5, 5.41) is 0. The Bertz CT molecular complexity index is 2110. The van der Waals surface area contributed by atoms with Crippen molar-refractivity contribution in [3.8, 4) is 33.8 Å². The van der Waals surface area contributed by atoms with Crippen LogP contribution in [-0.2, 0) is 0 Å². The van der Waals surface area contributed by atoms with Gasteiger partial charge in [0.05, 0.1) is 91.4 Å². The molecule has 0 unspecified atom stereocenters. The molecular formula is C44H50ClN6O2+. The lowest BCUT2D eigenvalue weighted by atomic mass is 10.0. The molecule has 0 saturated carbocycles. The summed E-state index contributed by atoms with van der Waals surface area (Å²) in [5.41, 5.74) is 11.7. The fraction of sp³-hybridized carbons (Fsp3) is 0.273. The van der Waals surface area contributed by atoms with Crippen molar-refractivity contribution in [2.24, 2.45) is 0 Å². The average molecular weight is 730 g/mol. The Kier molecular flexibility index (Phi) is 11.2. The summed E-state index contributed by atoms with van der Waals surface area (Å²) in [6, 6.07) is 29.3. The predicted molar refractivity (Wildman–Crippen MR) is 216 cm³/mol. The topological polar surface area (TPSA) is 75.8 Å². The molecular weight excluding hydrogens is 680 g/mol. The lowest BCUT2D eigenvalue weighted by molar-refractivity contribution is -0.870. The van der Waals surface area contributed by atoms with Gasteiger partial charge in [0.25, 0.3) is 0 Å². The standard InChI is InChI=1S/C44H50N6O2.ClH/c1-49(2,3)25-7-27-51-37-17-9-31(10-18-37)43-39-21-13-33(45-39)29-35-15-23-41(47-35)44(42-24-16-36(48-42)30-34-14-22-40(43)46-34)32-11-19-38(20-12-32)52-28-8-26-50(4,5)6;/h9-24,29-30,45,48H,7-8,25-28H2,1-6H3;1H/q+2;/p-1. The Morgan fingerprint density at radius 3 is 1.28 bits per heavy atom. The van der Waals surface area contributed by atoms with E-state index in [1.165, 1.54) is 0 Å². The van der Waals surface area contributed by atoms with Gasteiger partial charge in [-0.3, -0.25) is 0 Å². The molecule has 2 aliphatic rings. The van der Waals surface area contributed by atoms with Crippen LogP contribution in [0.4, 0.5) is 0 Å². The molecule has 9 heteroatoms. The number of nitrogens with zero attached hydrogens (tertiary/aromatic N) is 4. The van der Waals surface area contributed by atoms with Crippen LogP contribution < -0.4 is 21.9 Å². The summed E-state index contributed by atoms with van der Waals surface area (Å²) in [6.45, 7) is 3.52. The first-order valence-electron chi connectivity index (χ1n) is 18.1. The van der Waals surface area contributed by atoms with Crippen LogP contribution in [-0.4, -0.2) is 97.5 Å². The van der Waals surface area contributed by atoms with Gasteiger partial charge >= 0.3 is 0 Å². The van der Waals surface area contributed by atoms with Crippen LogP contribution in [0.5, 0.6) is 11.5 Å². The maximum Gasteiger partial charge on any atom is 0.119 e. The van der Waals surface area contributed by atoms with E-state index < -0.39 is 0 Å². The number of ether oxygens (including phenoxy) is 2. The Morgan fingerprint density at radius 2 is 0.906 bits per heavy atom. The van der Waals surface area contributed by atoms with E-state index in [0.717, 1.165) is 113 Å². The summed E-state index contributed by atoms with van der Waals surface area (Å²) in [7, 11) is 13.2. The van der Waals surface area contributed by atoms with Gasteiger partial charge in [0, 0.05) is 46.0 Å². The Labute approximate surface area is 319 Å². The number of fused-ring (bicyclic) bond motifs is 8. The van der Waals surface area contributed by atoms with Crippen molar-refractivity contribution in [2.45, 2.75) is 12.8 Å². The zero-order valence-corrected chi connectivity index (χ0v) is 32.4. The highest BCUT2D eigenvalue weighted by Crippen LogP contribution is 2.33. The number of aromatic nitrogens is 4. The molecule has 0 spiro atoms. The van der Waals surface area contributed by atoms with E-state index in [1.807, 2.05) is 0 Å². The van der Waals surface area contributed by atoms with E-state index in [9.17, 15) is 0 Å². The number of benzene rings is 2. The van der Waals surface area contributed by atoms with Crippen LogP contribution in [0, 0.1) is 0 Å². The van der Waals surface area contributed by atoms with Gasteiger partial charge in [0.1, 0.15) is 11.5 Å². The third kappa shape index (κ3) is 9.64. The van der Waals surface area contributed by atoms with Crippen LogP contribution >= 0.6 is 0 Å². The lowest BCUT2D eigenvalue weighted by Crippen LogP contribution is -3.00. The molecule has 0 amide bonds. The highest BCUT2D eigenvalue weighted by Gasteiger charge is 2.14. The number of quaternary nitrogens is 2. The van der Waals surface area contributed by atoms with Crippen molar-refractivity contribution < 1.29 is 30.8 Å². The molecule has 53 heavy (non-hydrogen) atoms. The summed E-state index contributed by atoms with van der Waals surface area (Å²) >= 11 is 0. The molecule has 3 aromatic heterocycles. The molecule has 5 heterocycles. The first-order valence-corrected chi connectivity index (χ1v) is 18.1. The zero-order chi connectivity index (χ0) is 36.3. The second-order valence-corrected chi connectivity index (χ2v) is 15.7. The number of nitrogens with one attached hydrogen (secondary N) is 2. The molecule has 0 saturated heterocycles. The monoisotopic (exact) mass is 729 g/mol. The van der Waals surface area contributed by atoms with Crippen molar-refractivity contribution in [3.05, 3.63) is 108 Å². The van der Waals surface area contributed by atoms with E-state index in [2.05, 4.69) is 161 Å². The van der Waals surface area contributed by atoms with Crippen LogP contribution in [0.2, 0.25) is 0 Å². The number of rotatable bonds is 12. The molecule has 8 nitrogen and oxygen atoms in total. The van der Waals surface area contributed by atoms with E-state index in [-0.39, 0.29) is 12.4 Å². The molecule has 2 aliphatic heterocycles.